The smallest absolute Gasteiger partial charge is 0.251 e. The molecule has 0 saturated carbocycles. The third kappa shape index (κ3) is 5.25. The molecule has 1 saturated heterocycles. The Balaban J connectivity index is 1.47. The van der Waals surface area contributed by atoms with Crippen LogP contribution in [-0.4, -0.2) is 57.0 Å². The lowest BCUT2D eigenvalue weighted by molar-refractivity contribution is 0.0729. The Morgan fingerprint density at radius 1 is 1.18 bits per heavy atom. The van der Waals surface area contributed by atoms with Crippen LogP contribution in [0.25, 0.3) is 11.3 Å². The molecule has 2 aromatic carbocycles. The number of thiazole rings is 1. The number of methoxy groups -OCH3 is 1. The highest BCUT2D eigenvalue weighted by Crippen LogP contribution is 2.28. The lowest BCUT2D eigenvalue weighted by Gasteiger charge is -2.26. The van der Waals surface area contributed by atoms with Gasteiger partial charge in [-0.2, -0.15) is 4.31 Å². The van der Waals surface area contributed by atoms with Crippen molar-refractivity contribution in [2.45, 2.75) is 18.4 Å². The van der Waals surface area contributed by atoms with Crippen LogP contribution in [0.15, 0.2) is 52.7 Å². The highest BCUT2D eigenvalue weighted by Gasteiger charge is 2.30. The standard InChI is InChI=1S/C23H25N3O5S2/c1-16-25-20(15-32-16)18-5-3-17(4-6-18)14-24-23(27)19-7-8-21(30-2)22(13-19)33(28,29)26-9-11-31-12-10-26/h3-8,13,15H,9-12,14H2,1-2H3,(H,24,27). The van der Waals surface area contributed by atoms with E-state index in [0.29, 0.717) is 19.8 Å². The Morgan fingerprint density at radius 3 is 2.55 bits per heavy atom. The number of carbonyl (C=O) groups excluding carboxylic acids is 1. The molecule has 0 bridgehead atoms. The van der Waals surface area contributed by atoms with Gasteiger partial charge >= 0.3 is 0 Å². The van der Waals surface area contributed by atoms with Gasteiger partial charge in [0.2, 0.25) is 10.0 Å². The molecular formula is C23H25N3O5S2. The maximum Gasteiger partial charge on any atom is 0.251 e. The SMILES string of the molecule is COc1ccc(C(=O)NCc2ccc(-c3csc(C)n3)cc2)cc1S(=O)(=O)N1CCOCC1. The molecule has 1 amide bonds. The number of aromatic nitrogens is 1. The van der Waals surface area contributed by atoms with Crippen molar-refractivity contribution in [2.75, 3.05) is 33.4 Å². The fraction of sp³-hybridized carbons (Fsp3) is 0.304. The van der Waals surface area contributed by atoms with Gasteiger partial charge in [0, 0.05) is 36.1 Å². The molecular weight excluding hydrogens is 462 g/mol. The van der Waals surface area contributed by atoms with Gasteiger partial charge in [-0.15, -0.1) is 11.3 Å². The number of nitrogens with zero attached hydrogens (tertiary/aromatic N) is 2. The highest BCUT2D eigenvalue weighted by molar-refractivity contribution is 7.89. The number of rotatable bonds is 7. The number of aryl methyl sites for hydroxylation is 1. The van der Waals surface area contributed by atoms with E-state index in [2.05, 4.69) is 10.3 Å². The molecule has 1 N–H and O–H groups in total. The van der Waals surface area contributed by atoms with E-state index in [-0.39, 0.29) is 35.2 Å². The first kappa shape index (κ1) is 23.4. The van der Waals surface area contributed by atoms with Crippen molar-refractivity contribution in [1.82, 2.24) is 14.6 Å². The minimum atomic E-state index is -3.81. The zero-order valence-corrected chi connectivity index (χ0v) is 20.0. The summed E-state index contributed by atoms with van der Waals surface area (Å²) < 4.78 is 38.1. The summed E-state index contributed by atoms with van der Waals surface area (Å²) in [6, 6.07) is 12.2. The number of amides is 1. The molecule has 8 nitrogen and oxygen atoms in total. The van der Waals surface area contributed by atoms with Crippen molar-refractivity contribution in [2.24, 2.45) is 0 Å². The minimum Gasteiger partial charge on any atom is -0.495 e. The van der Waals surface area contributed by atoms with Gasteiger partial charge < -0.3 is 14.8 Å². The second-order valence-corrected chi connectivity index (χ2v) is 10.5. The largest absolute Gasteiger partial charge is 0.495 e. The van der Waals surface area contributed by atoms with Crippen molar-refractivity contribution < 1.29 is 22.7 Å². The van der Waals surface area contributed by atoms with Crippen molar-refractivity contribution >= 4 is 27.3 Å². The molecule has 1 aliphatic rings. The number of sulfonamides is 1. The second kappa shape index (κ2) is 10.0. The Bertz CT molecular complexity index is 1230. The molecule has 0 spiro atoms. The van der Waals surface area contributed by atoms with Gasteiger partial charge in [-0.3, -0.25) is 4.79 Å². The van der Waals surface area contributed by atoms with Crippen molar-refractivity contribution in [3.05, 3.63) is 64.0 Å². The quantitative estimate of drug-likeness (QED) is 0.550. The molecule has 0 aliphatic carbocycles. The van der Waals surface area contributed by atoms with Crippen LogP contribution in [0.3, 0.4) is 0 Å². The lowest BCUT2D eigenvalue weighted by Crippen LogP contribution is -2.40. The Labute approximate surface area is 197 Å². The van der Waals surface area contributed by atoms with Gasteiger partial charge in [0.1, 0.15) is 10.6 Å². The van der Waals surface area contributed by atoms with Crippen LogP contribution < -0.4 is 10.1 Å². The summed E-state index contributed by atoms with van der Waals surface area (Å²) in [5, 5.41) is 5.87. The minimum absolute atomic E-state index is 0.0255. The Morgan fingerprint density at radius 2 is 1.91 bits per heavy atom. The number of hydrogen-bond donors (Lipinski definition) is 1. The first-order valence-electron chi connectivity index (χ1n) is 10.4. The van der Waals surface area contributed by atoms with Gasteiger partial charge in [-0.05, 0) is 30.7 Å². The summed E-state index contributed by atoms with van der Waals surface area (Å²) in [6.45, 7) is 3.48. The third-order valence-electron chi connectivity index (χ3n) is 5.34. The number of morpholine rings is 1. The van der Waals surface area contributed by atoms with Crippen molar-refractivity contribution in [3.8, 4) is 17.0 Å². The summed E-state index contributed by atoms with van der Waals surface area (Å²) in [5.41, 5.74) is 3.12. The molecule has 4 rings (SSSR count). The monoisotopic (exact) mass is 487 g/mol. The van der Waals surface area contributed by atoms with E-state index in [1.807, 2.05) is 36.6 Å². The molecule has 3 aromatic rings. The second-order valence-electron chi connectivity index (χ2n) is 7.51. The van der Waals surface area contributed by atoms with Gasteiger partial charge in [-0.1, -0.05) is 24.3 Å². The zero-order chi connectivity index (χ0) is 23.4. The molecule has 1 fully saturated rings. The predicted octanol–water partition coefficient (Wildman–Crippen LogP) is 3.08. The normalized spacial score (nSPS) is 14.7. The van der Waals surface area contributed by atoms with E-state index in [0.717, 1.165) is 21.8 Å². The summed E-state index contributed by atoms with van der Waals surface area (Å²) in [6.07, 6.45) is 0. The van der Waals surface area contributed by atoms with Gasteiger partial charge in [0.25, 0.3) is 5.91 Å². The summed E-state index contributed by atoms with van der Waals surface area (Å²) in [4.78, 5) is 17.2. The Kier molecular flexibility index (Phi) is 7.08. The first-order valence-corrected chi connectivity index (χ1v) is 12.8. The van der Waals surface area contributed by atoms with E-state index in [9.17, 15) is 13.2 Å². The molecule has 0 radical (unpaired) electrons. The van der Waals surface area contributed by atoms with Crippen LogP contribution in [-0.2, 0) is 21.3 Å². The van der Waals surface area contributed by atoms with Gasteiger partial charge in [0.15, 0.2) is 0 Å². The lowest BCUT2D eigenvalue weighted by atomic mass is 10.1. The molecule has 174 valence electrons. The van der Waals surface area contributed by atoms with Crippen LogP contribution in [0, 0.1) is 6.92 Å². The summed E-state index contributed by atoms with van der Waals surface area (Å²) in [5.74, 6) is -0.166. The number of hydrogen-bond acceptors (Lipinski definition) is 7. The number of nitrogens with one attached hydrogen (secondary N) is 1. The van der Waals surface area contributed by atoms with Crippen LogP contribution in [0.2, 0.25) is 0 Å². The summed E-state index contributed by atoms with van der Waals surface area (Å²) in [7, 11) is -2.41. The van der Waals surface area contributed by atoms with Crippen molar-refractivity contribution in [1.29, 1.82) is 0 Å². The first-order chi connectivity index (χ1) is 15.9. The number of carbonyl (C=O) groups is 1. The van der Waals surface area contributed by atoms with Crippen LogP contribution in [0.1, 0.15) is 20.9 Å². The van der Waals surface area contributed by atoms with Crippen molar-refractivity contribution in [3.63, 3.8) is 0 Å². The predicted molar refractivity (Wildman–Crippen MR) is 126 cm³/mol. The molecule has 1 aliphatic heterocycles. The molecule has 10 heteroatoms. The maximum absolute atomic E-state index is 13.1. The summed E-state index contributed by atoms with van der Waals surface area (Å²) >= 11 is 1.60. The van der Waals surface area contributed by atoms with E-state index < -0.39 is 10.0 Å². The fourth-order valence-corrected chi connectivity index (χ4v) is 5.73. The van der Waals surface area contributed by atoms with Gasteiger partial charge in [0.05, 0.1) is 31.0 Å². The molecule has 0 unspecified atom stereocenters. The molecule has 1 aromatic heterocycles. The maximum atomic E-state index is 13.1. The Hall–Kier alpha value is -2.79. The van der Waals surface area contributed by atoms with E-state index in [4.69, 9.17) is 9.47 Å². The number of benzene rings is 2. The van der Waals surface area contributed by atoms with E-state index in [1.165, 1.54) is 23.5 Å². The van der Waals surface area contributed by atoms with Crippen LogP contribution in [0.4, 0.5) is 0 Å². The average molecular weight is 488 g/mol. The highest BCUT2D eigenvalue weighted by atomic mass is 32.2. The van der Waals surface area contributed by atoms with Crippen LogP contribution in [0.5, 0.6) is 5.75 Å². The molecule has 0 atom stereocenters. The third-order valence-corrected chi connectivity index (χ3v) is 8.03. The van der Waals surface area contributed by atoms with Crippen LogP contribution >= 0.6 is 11.3 Å². The van der Waals surface area contributed by atoms with E-state index >= 15 is 0 Å². The number of ether oxygens (including phenoxy) is 2. The van der Waals surface area contributed by atoms with E-state index in [1.54, 1.807) is 17.4 Å². The average Bonchev–Trinajstić information content (AvgIpc) is 3.29. The van der Waals surface area contributed by atoms with Gasteiger partial charge in [-0.25, -0.2) is 13.4 Å². The zero-order valence-electron chi connectivity index (χ0n) is 18.4. The fourth-order valence-electron chi connectivity index (χ4n) is 3.52. The molecule has 2 heterocycles. The topological polar surface area (TPSA) is 97.8 Å². The molecule has 33 heavy (non-hydrogen) atoms.